The summed E-state index contributed by atoms with van der Waals surface area (Å²) in [7, 11) is 1.62. The van der Waals surface area contributed by atoms with E-state index in [1.807, 2.05) is 6.07 Å². The molecule has 0 radical (unpaired) electrons. The lowest BCUT2D eigenvalue weighted by Crippen LogP contribution is -2.38. The first-order valence-corrected chi connectivity index (χ1v) is 8.80. The molecule has 0 saturated heterocycles. The fourth-order valence-corrected chi connectivity index (χ4v) is 2.84. The van der Waals surface area contributed by atoms with Crippen molar-refractivity contribution in [1.29, 1.82) is 0 Å². The molecule has 0 aliphatic carbocycles. The number of hydrogen-bond acceptors (Lipinski definition) is 6. The predicted octanol–water partition coefficient (Wildman–Crippen LogP) is 3.08. The van der Waals surface area contributed by atoms with Crippen molar-refractivity contribution in [2.75, 3.05) is 25.5 Å². The topological polar surface area (TPSA) is 102 Å². The molecule has 2 rings (SSSR count). The Labute approximate surface area is 163 Å². The van der Waals surface area contributed by atoms with Gasteiger partial charge in [0.15, 0.2) is 0 Å². The summed E-state index contributed by atoms with van der Waals surface area (Å²) < 4.78 is 4.96. The molecule has 1 atom stereocenters. The van der Waals surface area contributed by atoms with Crippen LogP contribution in [0.1, 0.15) is 24.1 Å². The third kappa shape index (κ3) is 5.37. The minimum atomic E-state index is -0.827. The molecule has 0 aromatic heterocycles. The number of anilines is 1. The molecule has 1 N–H and O–H groups in total. The summed E-state index contributed by atoms with van der Waals surface area (Å²) in [5.74, 6) is -0.940. The minimum Gasteiger partial charge on any atom is -0.465 e. The zero-order valence-electron chi connectivity index (χ0n) is 16.0. The second kappa shape index (κ2) is 9.61. The van der Waals surface area contributed by atoms with E-state index in [0.717, 1.165) is 0 Å². The lowest BCUT2D eigenvalue weighted by Gasteiger charge is -2.26. The maximum Gasteiger partial charge on any atom is 0.320 e. The van der Waals surface area contributed by atoms with E-state index in [9.17, 15) is 19.7 Å². The van der Waals surface area contributed by atoms with Gasteiger partial charge in [-0.3, -0.25) is 24.6 Å². The van der Waals surface area contributed by atoms with E-state index >= 15 is 0 Å². The second-order valence-electron chi connectivity index (χ2n) is 6.30. The molecule has 148 valence electrons. The van der Waals surface area contributed by atoms with Crippen molar-refractivity contribution in [2.24, 2.45) is 0 Å². The summed E-state index contributed by atoms with van der Waals surface area (Å²) in [4.78, 5) is 37.2. The van der Waals surface area contributed by atoms with Crippen molar-refractivity contribution in [3.05, 3.63) is 69.8 Å². The molecule has 0 bridgehead atoms. The first-order valence-electron chi connectivity index (χ1n) is 8.80. The Balaban J connectivity index is 2.32. The molecule has 8 heteroatoms. The van der Waals surface area contributed by atoms with Gasteiger partial charge in [-0.25, -0.2) is 0 Å². The number of hydrogen-bond donors (Lipinski definition) is 1. The van der Waals surface area contributed by atoms with E-state index in [4.69, 9.17) is 4.74 Å². The van der Waals surface area contributed by atoms with Crippen LogP contribution in [0.5, 0.6) is 0 Å². The molecular weight excluding hydrogens is 362 g/mol. The summed E-state index contributed by atoms with van der Waals surface area (Å²) in [5.41, 5.74) is 1.28. The van der Waals surface area contributed by atoms with E-state index < -0.39 is 22.8 Å². The van der Waals surface area contributed by atoms with E-state index in [0.29, 0.717) is 11.1 Å². The average molecular weight is 385 g/mol. The molecule has 8 nitrogen and oxygen atoms in total. The lowest BCUT2D eigenvalue weighted by atomic mass is 10.0. The number of nitrogens with zero attached hydrogens (tertiary/aromatic N) is 2. The molecule has 1 amide bonds. The van der Waals surface area contributed by atoms with Gasteiger partial charge in [0.05, 0.1) is 18.1 Å². The Kier molecular flexibility index (Phi) is 7.22. The van der Waals surface area contributed by atoms with Gasteiger partial charge in [-0.1, -0.05) is 36.4 Å². The van der Waals surface area contributed by atoms with Crippen LogP contribution in [-0.4, -0.2) is 41.9 Å². The van der Waals surface area contributed by atoms with Gasteiger partial charge in [0.2, 0.25) is 5.91 Å². The number of amides is 1. The summed E-state index contributed by atoms with van der Waals surface area (Å²) in [6.07, 6.45) is 0. The molecule has 2 aromatic rings. The summed E-state index contributed by atoms with van der Waals surface area (Å²) in [6.45, 7) is 3.58. The largest absolute Gasteiger partial charge is 0.465 e. The zero-order chi connectivity index (χ0) is 20.7. The molecule has 0 aliphatic heterocycles. The standard InChI is InChI=1S/C20H23N3O5/c1-4-28-18(24)13-22(3)19(15-8-6-5-7-9-15)20(25)21-16-11-10-14(2)12-17(16)23(26)27/h5-12,19H,4,13H2,1-3H3,(H,21,25). The molecule has 0 saturated carbocycles. The van der Waals surface area contributed by atoms with Crippen LogP contribution in [0.25, 0.3) is 0 Å². The van der Waals surface area contributed by atoms with Crippen LogP contribution in [0.15, 0.2) is 48.5 Å². The van der Waals surface area contributed by atoms with Crippen LogP contribution in [0.3, 0.4) is 0 Å². The maximum absolute atomic E-state index is 13.0. The van der Waals surface area contributed by atoms with Crippen LogP contribution in [0.2, 0.25) is 0 Å². The zero-order valence-corrected chi connectivity index (χ0v) is 16.0. The van der Waals surface area contributed by atoms with Gasteiger partial charge < -0.3 is 10.1 Å². The molecule has 0 fully saturated rings. The number of nitro benzene ring substituents is 1. The Hall–Kier alpha value is -3.26. The number of carbonyl (C=O) groups excluding carboxylic acids is 2. The van der Waals surface area contributed by atoms with Crippen LogP contribution in [0, 0.1) is 17.0 Å². The number of benzene rings is 2. The SMILES string of the molecule is CCOC(=O)CN(C)C(C(=O)Nc1ccc(C)cc1[N+](=O)[O-])c1ccccc1. The van der Waals surface area contributed by atoms with Crippen molar-refractivity contribution in [3.63, 3.8) is 0 Å². The van der Waals surface area contributed by atoms with Gasteiger partial charge in [0, 0.05) is 6.07 Å². The number of aryl methyl sites for hydroxylation is 1. The van der Waals surface area contributed by atoms with E-state index in [2.05, 4.69) is 5.32 Å². The summed E-state index contributed by atoms with van der Waals surface area (Å²) >= 11 is 0. The highest BCUT2D eigenvalue weighted by Crippen LogP contribution is 2.28. The number of carbonyl (C=O) groups is 2. The third-order valence-corrected chi connectivity index (χ3v) is 4.10. The fourth-order valence-electron chi connectivity index (χ4n) is 2.84. The smallest absolute Gasteiger partial charge is 0.320 e. The first-order chi connectivity index (χ1) is 13.3. The monoisotopic (exact) mass is 385 g/mol. The highest BCUT2D eigenvalue weighted by atomic mass is 16.6. The number of ether oxygens (including phenoxy) is 1. The van der Waals surface area contributed by atoms with Crippen LogP contribution < -0.4 is 5.32 Å². The van der Waals surface area contributed by atoms with Gasteiger partial charge >= 0.3 is 5.97 Å². The first kappa shape index (κ1) is 21.0. The number of esters is 1. The number of nitro groups is 1. The minimum absolute atomic E-state index is 0.100. The van der Waals surface area contributed by atoms with Gasteiger partial charge in [0.1, 0.15) is 11.7 Å². The molecule has 0 aliphatic rings. The van der Waals surface area contributed by atoms with Crippen molar-refractivity contribution in [1.82, 2.24) is 4.90 Å². The second-order valence-corrected chi connectivity index (χ2v) is 6.30. The van der Waals surface area contributed by atoms with Crippen LogP contribution in [-0.2, 0) is 14.3 Å². The molecule has 2 aromatic carbocycles. The Morgan fingerprint density at radius 2 is 1.89 bits per heavy atom. The van der Waals surface area contributed by atoms with Crippen molar-refractivity contribution in [3.8, 4) is 0 Å². The van der Waals surface area contributed by atoms with E-state index in [-0.39, 0.29) is 24.5 Å². The third-order valence-electron chi connectivity index (χ3n) is 4.10. The quantitative estimate of drug-likeness (QED) is 0.426. The van der Waals surface area contributed by atoms with Crippen LogP contribution in [0.4, 0.5) is 11.4 Å². The number of rotatable bonds is 8. The molecule has 28 heavy (non-hydrogen) atoms. The predicted molar refractivity (Wildman–Crippen MR) is 105 cm³/mol. The lowest BCUT2D eigenvalue weighted by molar-refractivity contribution is -0.384. The van der Waals surface area contributed by atoms with Gasteiger partial charge in [0.25, 0.3) is 5.69 Å². The van der Waals surface area contributed by atoms with E-state index in [1.54, 1.807) is 56.1 Å². The fraction of sp³-hybridized carbons (Fsp3) is 0.300. The van der Waals surface area contributed by atoms with Crippen molar-refractivity contribution >= 4 is 23.3 Å². The van der Waals surface area contributed by atoms with Gasteiger partial charge in [-0.05, 0) is 38.1 Å². The van der Waals surface area contributed by atoms with Crippen molar-refractivity contribution in [2.45, 2.75) is 19.9 Å². The normalized spacial score (nSPS) is 11.7. The van der Waals surface area contributed by atoms with E-state index in [1.165, 1.54) is 12.1 Å². The molecular formula is C20H23N3O5. The number of likely N-dealkylation sites (N-methyl/N-ethyl adjacent to an activating group) is 1. The average Bonchev–Trinajstić information content (AvgIpc) is 2.64. The summed E-state index contributed by atoms with van der Waals surface area (Å²) in [6, 6.07) is 12.6. The molecule has 1 unspecified atom stereocenters. The molecule has 0 spiro atoms. The Morgan fingerprint density at radius 1 is 1.21 bits per heavy atom. The van der Waals surface area contributed by atoms with Crippen molar-refractivity contribution < 1.29 is 19.2 Å². The van der Waals surface area contributed by atoms with Crippen LogP contribution >= 0.6 is 0 Å². The summed E-state index contributed by atoms with van der Waals surface area (Å²) in [5, 5.41) is 14.0. The highest BCUT2D eigenvalue weighted by molar-refractivity contribution is 5.97. The Bertz CT molecular complexity index is 854. The maximum atomic E-state index is 13.0. The van der Waals surface area contributed by atoms with Gasteiger partial charge in [-0.15, -0.1) is 0 Å². The highest BCUT2D eigenvalue weighted by Gasteiger charge is 2.28. The van der Waals surface area contributed by atoms with Gasteiger partial charge in [-0.2, -0.15) is 0 Å². The molecule has 0 heterocycles. The Morgan fingerprint density at radius 3 is 2.50 bits per heavy atom. The number of nitrogens with one attached hydrogen (secondary N) is 1.